The fraction of sp³-hybridized carbons (Fsp3) is 0.406. The largest absolute Gasteiger partial charge is 0.444 e. The summed E-state index contributed by atoms with van der Waals surface area (Å²) in [5.74, 6) is -0.652. The molecule has 2 aromatic heterocycles. The van der Waals surface area contributed by atoms with Crippen LogP contribution in [0.3, 0.4) is 0 Å². The number of ether oxygens (including phenoxy) is 2. The standard InChI is InChI=1S/C32H37ClFN5O4/c1-21-20-37(13-15-38(21)30(41)43-31(2,3)4)24-16-23(18-35-19-24)32(33)27(39-14-12-36(5)29(39)40)26(34)17-25(28(32)42-6)22-10-8-7-9-11-22/h7-12,14,16-19,21,28H,13,15,20H2,1-6H3/t21-,28?,32?/m1/s1. The van der Waals surface area contributed by atoms with Crippen molar-refractivity contribution < 1.29 is 18.7 Å². The number of piperazine rings is 1. The van der Waals surface area contributed by atoms with E-state index >= 15 is 4.39 Å². The van der Waals surface area contributed by atoms with E-state index in [2.05, 4.69) is 9.88 Å². The molecule has 3 atom stereocenters. The first-order valence-electron chi connectivity index (χ1n) is 14.2. The van der Waals surface area contributed by atoms with Gasteiger partial charge in [0.1, 0.15) is 22.4 Å². The Hall–Kier alpha value is -3.89. The van der Waals surface area contributed by atoms with Gasteiger partial charge in [-0.15, -0.1) is 11.6 Å². The maximum atomic E-state index is 16.3. The molecule has 5 rings (SSSR count). The maximum Gasteiger partial charge on any atom is 0.410 e. The van der Waals surface area contributed by atoms with E-state index in [1.54, 1.807) is 30.5 Å². The molecule has 0 saturated carbocycles. The molecule has 0 radical (unpaired) electrons. The number of amides is 1. The first-order chi connectivity index (χ1) is 20.3. The lowest BCUT2D eigenvalue weighted by molar-refractivity contribution is 0.0159. The van der Waals surface area contributed by atoms with Crippen LogP contribution in [0.2, 0.25) is 0 Å². The number of allylic oxidation sites excluding steroid dienone is 2. The number of alkyl halides is 1. The summed E-state index contributed by atoms with van der Waals surface area (Å²) < 4.78 is 30.5. The van der Waals surface area contributed by atoms with Gasteiger partial charge >= 0.3 is 11.8 Å². The molecular formula is C32H37ClFN5O4. The highest BCUT2D eigenvalue weighted by molar-refractivity contribution is 6.31. The predicted molar refractivity (Wildman–Crippen MR) is 166 cm³/mol. The molecule has 43 heavy (non-hydrogen) atoms. The number of methoxy groups -OCH3 is 1. The summed E-state index contributed by atoms with van der Waals surface area (Å²) in [6.45, 7) is 9.01. The van der Waals surface area contributed by atoms with E-state index in [9.17, 15) is 9.59 Å². The van der Waals surface area contributed by atoms with Crippen LogP contribution in [0.1, 0.15) is 38.8 Å². The number of carbonyl (C=O) groups is 1. The molecule has 0 bridgehead atoms. The third kappa shape index (κ3) is 5.73. The van der Waals surface area contributed by atoms with Crippen LogP contribution in [0.25, 0.3) is 11.3 Å². The van der Waals surface area contributed by atoms with Gasteiger partial charge in [0.25, 0.3) is 0 Å². The summed E-state index contributed by atoms with van der Waals surface area (Å²) in [7, 11) is 3.11. The van der Waals surface area contributed by atoms with Gasteiger partial charge in [-0.2, -0.15) is 0 Å². The van der Waals surface area contributed by atoms with Crippen molar-refractivity contribution in [2.75, 3.05) is 31.6 Å². The van der Waals surface area contributed by atoms with Crippen molar-refractivity contribution in [3.63, 3.8) is 0 Å². The molecule has 2 unspecified atom stereocenters. The third-order valence-electron chi connectivity index (χ3n) is 7.79. The van der Waals surface area contributed by atoms with E-state index in [1.165, 1.54) is 28.5 Å². The molecule has 9 nitrogen and oxygen atoms in total. The summed E-state index contributed by atoms with van der Waals surface area (Å²) in [6.07, 6.45) is 6.50. The highest BCUT2D eigenvalue weighted by Gasteiger charge is 2.51. The van der Waals surface area contributed by atoms with E-state index in [-0.39, 0.29) is 17.8 Å². The quantitative estimate of drug-likeness (QED) is 0.360. The number of benzene rings is 1. The minimum Gasteiger partial charge on any atom is -0.444 e. The molecule has 0 spiro atoms. The van der Waals surface area contributed by atoms with Crippen molar-refractivity contribution in [2.45, 2.75) is 50.3 Å². The Bertz CT molecular complexity index is 1630. The lowest BCUT2D eigenvalue weighted by Crippen LogP contribution is -2.55. The minimum absolute atomic E-state index is 0.0478. The number of hydrogen-bond donors (Lipinski definition) is 0. The second kappa shape index (κ2) is 11.7. The summed E-state index contributed by atoms with van der Waals surface area (Å²) in [5, 5.41) is 0. The third-order valence-corrected chi connectivity index (χ3v) is 8.39. The monoisotopic (exact) mass is 609 g/mol. The van der Waals surface area contributed by atoms with Crippen LogP contribution in [0, 0.1) is 0 Å². The smallest absolute Gasteiger partial charge is 0.410 e. The Morgan fingerprint density at radius 2 is 1.86 bits per heavy atom. The van der Waals surface area contributed by atoms with Gasteiger partial charge in [0.15, 0.2) is 0 Å². The summed E-state index contributed by atoms with van der Waals surface area (Å²) >= 11 is 7.59. The Kier molecular flexibility index (Phi) is 8.28. The Labute approximate surface area is 255 Å². The van der Waals surface area contributed by atoms with Gasteiger partial charge in [0, 0.05) is 64.0 Å². The van der Waals surface area contributed by atoms with Gasteiger partial charge in [0.2, 0.25) is 0 Å². The zero-order chi connectivity index (χ0) is 31.1. The Balaban J connectivity index is 1.57. The topological polar surface area (TPSA) is 81.8 Å². The maximum absolute atomic E-state index is 16.3. The molecule has 228 valence electrons. The number of carbonyl (C=O) groups excluding carboxylic acids is 1. The molecule has 3 aromatic rings. The molecule has 1 aliphatic heterocycles. The lowest BCUT2D eigenvalue weighted by Gasteiger charge is -2.42. The molecule has 3 heterocycles. The van der Waals surface area contributed by atoms with E-state index in [0.29, 0.717) is 30.8 Å². The van der Waals surface area contributed by atoms with Crippen molar-refractivity contribution in [2.24, 2.45) is 7.05 Å². The zero-order valence-electron chi connectivity index (χ0n) is 25.3. The minimum atomic E-state index is -1.67. The van der Waals surface area contributed by atoms with Crippen LogP contribution in [0.4, 0.5) is 14.9 Å². The van der Waals surface area contributed by atoms with Crippen molar-refractivity contribution in [3.05, 3.63) is 94.7 Å². The second-order valence-electron chi connectivity index (χ2n) is 12.0. The Morgan fingerprint density at radius 3 is 2.47 bits per heavy atom. The fourth-order valence-corrected chi connectivity index (χ4v) is 6.24. The SMILES string of the molecule is COC1C(c2ccccc2)=CC(F)=C(n2ccn(C)c2=O)C1(Cl)c1cncc(N2CCN(C(=O)OC(C)(C)C)[C@H](C)C2)c1. The number of aromatic nitrogens is 3. The van der Waals surface area contributed by atoms with Crippen molar-refractivity contribution in [1.82, 2.24) is 19.0 Å². The van der Waals surface area contributed by atoms with Crippen molar-refractivity contribution in [3.8, 4) is 0 Å². The van der Waals surface area contributed by atoms with Crippen molar-refractivity contribution in [1.29, 1.82) is 0 Å². The average Bonchev–Trinajstić information content (AvgIpc) is 3.29. The number of rotatable bonds is 5. The molecule has 11 heteroatoms. The van der Waals surface area contributed by atoms with E-state index in [4.69, 9.17) is 21.1 Å². The molecular weight excluding hydrogens is 573 g/mol. The number of imidazole rings is 1. The van der Waals surface area contributed by atoms with Crippen LogP contribution in [-0.4, -0.2) is 69.6 Å². The summed E-state index contributed by atoms with van der Waals surface area (Å²) in [4.78, 5) is 32.6. The first kappa shape index (κ1) is 30.6. The van der Waals surface area contributed by atoms with Gasteiger partial charge in [-0.3, -0.25) is 9.55 Å². The summed E-state index contributed by atoms with van der Waals surface area (Å²) in [6, 6.07) is 11.0. The van der Waals surface area contributed by atoms with Gasteiger partial charge in [-0.05, 0) is 51.0 Å². The average molecular weight is 610 g/mol. The molecule has 1 amide bonds. The van der Waals surface area contributed by atoms with Crippen LogP contribution in [-0.2, 0) is 21.4 Å². The van der Waals surface area contributed by atoms with Gasteiger partial charge in [-0.25, -0.2) is 14.0 Å². The van der Waals surface area contributed by atoms with Gasteiger partial charge < -0.3 is 23.8 Å². The normalized spacial score (nSPS) is 22.9. The molecule has 1 saturated heterocycles. The molecule has 2 aliphatic rings. The summed E-state index contributed by atoms with van der Waals surface area (Å²) in [5.41, 5.74) is 1.40. The molecule has 0 N–H and O–H groups in total. The fourth-order valence-electron chi connectivity index (χ4n) is 5.74. The number of pyridine rings is 1. The van der Waals surface area contributed by atoms with Gasteiger partial charge in [0.05, 0.1) is 17.6 Å². The van der Waals surface area contributed by atoms with Gasteiger partial charge in [-0.1, -0.05) is 30.3 Å². The molecule has 1 aromatic carbocycles. The number of nitrogens with zero attached hydrogens (tertiary/aromatic N) is 5. The van der Waals surface area contributed by atoms with Crippen LogP contribution in [0.5, 0.6) is 0 Å². The lowest BCUT2D eigenvalue weighted by atomic mass is 9.79. The van der Waals surface area contributed by atoms with E-state index in [0.717, 1.165) is 11.3 Å². The Morgan fingerprint density at radius 1 is 1.14 bits per heavy atom. The molecule has 1 fully saturated rings. The number of hydrogen-bond acceptors (Lipinski definition) is 6. The highest BCUT2D eigenvalue weighted by Crippen LogP contribution is 2.52. The zero-order valence-corrected chi connectivity index (χ0v) is 26.0. The predicted octanol–water partition coefficient (Wildman–Crippen LogP) is 5.41. The molecule has 1 aliphatic carbocycles. The van der Waals surface area contributed by atoms with Crippen LogP contribution in [0.15, 0.2) is 77.9 Å². The van der Waals surface area contributed by atoms with E-state index in [1.807, 2.05) is 64.1 Å². The second-order valence-corrected chi connectivity index (χ2v) is 12.5. The number of aryl methyl sites for hydroxylation is 1. The van der Waals surface area contributed by atoms with Crippen LogP contribution < -0.4 is 10.6 Å². The van der Waals surface area contributed by atoms with Crippen molar-refractivity contribution >= 4 is 34.7 Å². The van der Waals surface area contributed by atoms with Crippen LogP contribution >= 0.6 is 11.6 Å². The highest BCUT2D eigenvalue weighted by atomic mass is 35.5. The number of anilines is 1. The van der Waals surface area contributed by atoms with E-state index < -0.39 is 28.1 Å². The first-order valence-corrected chi connectivity index (χ1v) is 14.6. The number of halogens is 2.